The number of carbonyl (C=O) groups is 1. The number of nitrogens with one attached hydrogen (secondary N) is 2. The molecule has 0 unspecified atom stereocenters. The van der Waals surface area contributed by atoms with Crippen LogP contribution in [0.15, 0.2) is 4.99 Å². The van der Waals surface area contributed by atoms with Gasteiger partial charge in [-0.25, -0.2) is 4.99 Å². The van der Waals surface area contributed by atoms with Gasteiger partial charge < -0.3 is 20.3 Å². The summed E-state index contributed by atoms with van der Waals surface area (Å²) in [6.45, 7) is 4.86. The molecule has 176 valence electrons. The van der Waals surface area contributed by atoms with Crippen molar-refractivity contribution in [1.82, 2.24) is 20.4 Å². The monoisotopic (exact) mass is 549 g/mol. The Bertz CT molecular complexity index is 551. The molecule has 1 saturated carbocycles. The summed E-state index contributed by atoms with van der Waals surface area (Å²) in [5, 5.41) is 6.42. The van der Waals surface area contributed by atoms with Crippen LogP contribution in [0.5, 0.6) is 0 Å². The number of aliphatic imine (C=N–C) groups is 1. The predicted octanol–water partition coefficient (Wildman–Crippen LogP) is 2.22. The lowest BCUT2D eigenvalue weighted by Gasteiger charge is -2.48. The molecule has 0 aromatic heterocycles. The normalized spacial score (nSPS) is 20.2. The first kappa shape index (κ1) is 27.2. The highest BCUT2D eigenvalue weighted by atomic mass is 127. The number of carbonyl (C=O) groups excluding carboxylic acids is 1. The van der Waals surface area contributed by atoms with Crippen LogP contribution >= 0.6 is 24.0 Å². The van der Waals surface area contributed by atoms with Gasteiger partial charge in [-0.15, -0.1) is 24.0 Å². The summed E-state index contributed by atoms with van der Waals surface area (Å²) >= 11 is 0. The molecule has 0 aromatic carbocycles. The molecule has 0 spiro atoms. The van der Waals surface area contributed by atoms with Crippen molar-refractivity contribution in [3.8, 4) is 0 Å². The van der Waals surface area contributed by atoms with Crippen molar-refractivity contribution >= 4 is 35.8 Å². The zero-order chi connectivity index (χ0) is 21.3. The van der Waals surface area contributed by atoms with E-state index in [1.54, 1.807) is 0 Å². The Morgan fingerprint density at radius 1 is 1.17 bits per heavy atom. The molecule has 1 amide bonds. The number of nitrogens with zero attached hydrogens (tertiary/aromatic N) is 3. The van der Waals surface area contributed by atoms with Crippen LogP contribution in [0.4, 0.5) is 13.2 Å². The third-order valence-corrected chi connectivity index (χ3v) is 5.61. The zero-order valence-electron chi connectivity index (χ0n) is 17.9. The van der Waals surface area contributed by atoms with Gasteiger partial charge in [-0.2, -0.15) is 13.2 Å². The molecule has 7 nitrogen and oxygen atoms in total. The minimum atomic E-state index is -4.41. The van der Waals surface area contributed by atoms with Crippen molar-refractivity contribution in [2.75, 3.05) is 59.5 Å². The largest absolute Gasteiger partial charge is 0.406 e. The first-order valence-corrected chi connectivity index (χ1v) is 10.4. The fourth-order valence-corrected chi connectivity index (χ4v) is 4.07. The number of alkyl halides is 3. The van der Waals surface area contributed by atoms with E-state index in [9.17, 15) is 18.0 Å². The van der Waals surface area contributed by atoms with E-state index < -0.39 is 18.6 Å². The molecule has 0 aromatic rings. The Balaban J connectivity index is 0.00000450. The molecule has 11 heteroatoms. The van der Waals surface area contributed by atoms with Crippen LogP contribution in [-0.4, -0.2) is 92.9 Å². The van der Waals surface area contributed by atoms with Crippen molar-refractivity contribution in [1.29, 1.82) is 0 Å². The number of guanidine groups is 1. The number of rotatable bonds is 7. The van der Waals surface area contributed by atoms with Crippen LogP contribution in [-0.2, 0) is 9.53 Å². The summed E-state index contributed by atoms with van der Waals surface area (Å²) in [6.07, 6.45) is 1.35. The van der Waals surface area contributed by atoms with E-state index >= 15 is 0 Å². The fraction of sp³-hybridized carbons (Fsp3) is 0.895. The van der Waals surface area contributed by atoms with E-state index in [-0.39, 0.29) is 36.1 Å². The first-order chi connectivity index (χ1) is 13.8. The second-order valence-corrected chi connectivity index (χ2v) is 7.80. The van der Waals surface area contributed by atoms with E-state index in [2.05, 4.69) is 20.5 Å². The highest BCUT2D eigenvalue weighted by Gasteiger charge is 2.38. The minimum Gasteiger partial charge on any atom is -0.379 e. The van der Waals surface area contributed by atoms with E-state index in [1.165, 1.54) is 19.3 Å². The Morgan fingerprint density at radius 3 is 2.37 bits per heavy atom. The third-order valence-electron chi connectivity index (χ3n) is 5.61. The average molecular weight is 549 g/mol. The minimum absolute atomic E-state index is 0. The Labute approximate surface area is 194 Å². The van der Waals surface area contributed by atoms with Gasteiger partial charge in [-0.3, -0.25) is 9.69 Å². The lowest BCUT2D eigenvalue weighted by molar-refractivity contribution is -0.157. The maximum Gasteiger partial charge on any atom is 0.406 e. The summed E-state index contributed by atoms with van der Waals surface area (Å²) in [4.78, 5) is 19.4. The maximum absolute atomic E-state index is 12.5. The predicted molar refractivity (Wildman–Crippen MR) is 121 cm³/mol. The lowest BCUT2D eigenvalue weighted by atomic mass is 9.80. The van der Waals surface area contributed by atoms with Crippen LogP contribution in [0.3, 0.4) is 0 Å². The lowest BCUT2D eigenvalue weighted by Crippen LogP contribution is -2.60. The molecule has 2 N–H and O–H groups in total. The highest BCUT2D eigenvalue weighted by Crippen LogP contribution is 2.33. The molecule has 0 radical (unpaired) electrons. The van der Waals surface area contributed by atoms with Gasteiger partial charge in [0, 0.05) is 38.8 Å². The summed E-state index contributed by atoms with van der Waals surface area (Å²) in [6, 6.07) is 0. The van der Waals surface area contributed by atoms with E-state index in [0.717, 1.165) is 46.2 Å². The molecule has 30 heavy (non-hydrogen) atoms. The van der Waals surface area contributed by atoms with Crippen molar-refractivity contribution in [2.24, 2.45) is 4.99 Å². The standard InChI is InChI=1S/C19H34F3N5O2.HI/c1-3-23-17(24-13-16(28)26(2)15-19(20,21)22)25-14-18(7-5-4-6-8-18)27-9-11-29-12-10-27;/h3-15H2,1-2H3,(H2,23,24,25);1H. The number of likely N-dealkylation sites (N-methyl/N-ethyl adjacent to an activating group) is 1. The summed E-state index contributed by atoms with van der Waals surface area (Å²) in [5.41, 5.74) is 0.0231. The second kappa shape index (κ2) is 12.9. The van der Waals surface area contributed by atoms with Crippen LogP contribution in [0.1, 0.15) is 39.0 Å². The number of halogens is 4. The molecule has 0 atom stereocenters. The SMILES string of the molecule is CCNC(=NCC(=O)N(C)CC(F)(F)F)NCC1(N2CCOCC2)CCCCC1.I. The molecule has 1 heterocycles. The van der Waals surface area contributed by atoms with Crippen LogP contribution < -0.4 is 10.6 Å². The van der Waals surface area contributed by atoms with Crippen LogP contribution in [0, 0.1) is 0 Å². The summed E-state index contributed by atoms with van der Waals surface area (Å²) in [5.74, 6) is -0.209. The fourth-order valence-electron chi connectivity index (χ4n) is 4.07. The van der Waals surface area contributed by atoms with Crippen molar-refractivity contribution < 1.29 is 22.7 Å². The van der Waals surface area contributed by atoms with Crippen molar-refractivity contribution in [2.45, 2.75) is 50.7 Å². The smallest absolute Gasteiger partial charge is 0.379 e. The second-order valence-electron chi connectivity index (χ2n) is 7.80. The molecule has 1 aliphatic heterocycles. The van der Waals surface area contributed by atoms with Gasteiger partial charge in [0.15, 0.2) is 5.96 Å². The molecular weight excluding hydrogens is 514 g/mol. The molecule has 2 rings (SSSR count). The van der Waals surface area contributed by atoms with E-state index in [0.29, 0.717) is 23.9 Å². The Hall–Kier alpha value is -0.820. The van der Waals surface area contributed by atoms with Gasteiger partial charge in [0.1, 0.15) is 13.1 Å². The van der Waals surface area contributed by atoms with Crippen LogP contribution in [0.25, 0.3) is 0 Å². The number of hydrogen-bond acceptors (Lipinski definition) is 4. The maximum atomic E-state index is 12.5. The van der Waals surface area contributed by atoms with Gasteiger partial charge in [-0.05, 0) is 19.8 Å². The van der Waals surface area contributed by atoms with Gasteiger partial charge in [0.25, 0.3) is 0 Å². The van der Waals surface area contributed by atoms with Crippen molar-refractivity contribution in [3.05, 3.63) is 0 Å². The zero-order valence-corrected chi connectivity index (χ0v) is 20.2. The molecular formula is C19H35F3IN5O2. The Kier molecular flexibility index (Phi) is 11.7. The van der Waals surface area contributed by atoms with Gasteiger partial charge in [0.2, 0.25) is 5.91 Å². The Morgan fingerprint density at radius 2 is 1.80 bits per heavy atom. The van der Waals surface area contributed by atoms with Gasteiger partial charge >= 0.3 is 6.18 Å². The number of ether oxygens (including phenoxy) is 1. The highest BCUT2D eigenvalue weighted by molar-refractivity contribution is 14.0. The number of morpholine rings is 1. The molecule has 0 bridgehead atoms. The summed E-state index contributed by atoms with van der Waals surface area (Å²) < 4.78 is 42.9. The number of amides is 1. The van der Waals surface area contributed by atoms with Gasteiger partial charge in [-0.1, -0.05) is 19.3 Å². The third kappa shape index (κ3) is 8.74. The molecule has 2 aliphatic rings. The molecule has 1 aliphatic carbocycles. The first-order valence-electron chi connectivity index (χ1n) is 10.4. The molecule has 1 saturated heterocycles. The summed E-state index contributed by atoms with van der Waals surface area (Å²) in [7, 11) is 1.14. The quantitative estimate of drug-likeness (QED) is 0.290. The van der Waals surface area contributed by atoms with Crippen molar-refractivity contribution in [3.63, 3.8) is 0 Å². The average Bonchev–Trinajstić information content (AvgIpc) is 2.70. The van der Waals surface area contributed by atoms with E-state index in [4.69, 9.17) is 4.74 Å². The topological polar surface area (TPSA) is 69.2 Å². The van der Waals surface area contributed by atoms with E-state index in [1.807, 2.05) is 6.92 Å². The van der Waals surface area contributed by atoms with Crippen LogP contribution in [0.2, 0.25) is 0 Å². The molecule has 2 fully saturated rings. The van der Waals surface area contributed by atoms with Gasteiger partial charge in [0.05, 0.1) is 13.2 Å². The number of hydrogen-bond donors (Lipinski definition) is 2.